The molecular weight excluding hydrogens is 729 g/mol. The van der Waals surface area contributed by atoms with E-state index in [0.717, 1.165) is 66.8 Å². The maximum absolute atomic E-state index is 13.7. The summed E-state index contributed by atoms with van der Waals surface area (Å²) in [5, 5.41) is 14.0. The third-order valence-electron chi connectivity index (χ3n) is 8.77. The number of fused-ring (bicyclic) bond motifs is 1. The van der Waals surface area contributed by atoms with E-state index in [1.165, 1.54) is 4.31 Å². The highest BCUT2D eigenvalue weighted by Gasteiger charge is 2.28. The Hall–Kier alpha value is -1.70. The SMILES string of the molecule is CC1(C)OCc2cc([C@H](O)CNCCCCCCOCCOCc3cccc(S(=O)(=O)N(COCC[Si](C)(C)C)COCC[Si](C)(C)C)c3)ccc2O1. The molecule has 0 spiro atoms. The van der Waals surface area contributed by atoms with E-state index in [0.29, 0.717) is 52.8 Å². The zero-order chi connectivity index (χ0) is 39.0. The Morgan fingerprint density at radius 2 is 1.49 bits per heavy atom. The van der Waals surface area contributed by atoms with E-state index in [9.17, 15) is 13.5 Å². The molecule has 14 heteroatoms. The van der Waals surface area contributed by atoms with Crippen LogP contribution in [0.3, 0.4) is 0 Å². The van der Waals surface area contributed by atoms with Gasteiger partial charge in [-0.3, -0.25) is 0 Å². The molecule has 1 aliphatic heterocycles. The summed E-state index contributed by atoms with van der Waals surface area (Å²) in [6.07, 6.45) is 3.56. The first-order valence-corrected chi connectivity index (χ1v) is 28.1. The van der Waals surface area contributed by atoms with Crippen molar-refractivity contribution >= 4 is 26.2 Å². The van der Waals surface area contributed by atoms with Crippen molar-refractivity contribution in [1.29, 1.82) is 0 Å². The lowest BCUT2D eigenvalue weighted by Crippen LogP contribution is -2.36. The van der Waals surface area contributed by atoms with Gasteiger partial charge in [-0.05, 0) is 66.9 Å². The van der Waals surface area contributed by atoms with Crippen molar-refractivity contribution in [3.8, 4) is 5.75 Å². The highest BCUT2D eigenvalue weighted by molar-refractivity contribution is 7.89. The van der Waals surface area contributed by atoms with E-state index in [2.05, 4.69) is 44.6 Å². The van der Waals surface area contributed by atoms with Gasteiger partial charge in [-0.25, -0.2) is 8.42 Å². The minimum absolute atomic E-state index is 0.0403. The molecule has 2 N–H and O–H groups in total. The van der Waals surface area contributed by atoms with Crippen LogP contribution in [0.25, 0.3) is 0 Å². The van der Waals surface area contributed by atoms with Crippen LogP contribution in [0.5, 0.6) is 5.75 Å². The zero-order valence-electron chi connectivity index (χ0n) is 33.7. The molecule has 0 saturated carbocycles. The van der Waals surface area contributed by atoms with Crippen LogP contribution in [0, 0.1) is 0 Å². The third-order valence-corrected chi connectivity index (χ3v) is 13.9. The fourth-order valence-corrected chi connectivity index (χ4v) is 8.14. The van der Waals surface area contributed by atoms with E-state index in [-0.39, 0.29) is 18.4 Å². The number of nitrogens with zero attached hydrogens (tertiary/aromatic N) is 1. The van der Waals surface area contributed by atoms with E-state index in [1.54, 1.807) is 18.2 Å². The average Bonchev–Trinajstić information content (AvgIpc) is 3.08. The second-order valence-electron chi connectivity index (χ2n) is 16.8. The summed E-state index contributed by atoms with van der Waals surface area (Å²) >= 11 is 0. The van der Waals surface area contributed by atoms with Crippen molar-refractivity contribution in [2.24, 2.45) is 0 Å². The number of aliphatic hydroxyl groups is 1. The first-order chi connectivity index (χ1) is 25.0. The van der Waals surface area contributed by atoms with Crippen LogP contribution in [0.4, 0.5) is 0 Å². The summed E-state index contributed by atoms with van der Waals surface area (Å²) in [7, 11) is -6.44. The number of nitrogens with one attached hydrogen (secondary N) is 1. The van der Waals surface area contributed by atoms with E-state index < -0.39 is 38.1 Å². The largest absolute Gasteiger partial charge is 0.463 e. The van der Waals surface area contributed by atoms with Crippen LogP contribution in [-0.2, 0) is 46.9 Å². The number of rotatable bonds is 27. The fraction of sp³-hybridized carbons (Fsp3) is 0.692. The molecule has 0 unspecified atom stereocenters. The van der Waals surface area contributed by atoms with Gasteiger partial charge in [0.15, 0.2) is 0 Å². The molecule has 2 aromatic carbocycles. The van der Waals surface area contributed by atoms with Crippen LogP contribution < -0.4 is 10.1 Å². The van der Waals surface area contributed by atoms with Gasteiger partial charge in [-0.15, -0.1) is 4.31 Å². The molecular formula is C39H68N2O9SSi2. The monoisotopic (exact) mass is 796 g/mol. The number of ether oxygens (including phenoxy) is 6. The quantitative estimate of drug-likeness (QED) is 0.0539. The van der Waals surface area contributed by atoms with Crippen molar-refractivity contribution < 1.29 is 41.9 Å². The van der Waals surface area contributed by atoms with Gasteiger partial charge in [0.05, 0.1) is 37.4 Å². The summed E-state index contributed by atoms with van der Waals surface area (Å²) in [4.78, 5) is 0.202. The molecule has 0 saturated heterocycles. The van der Waals surface area contributed by atoms with Crippen LogP contribution in [0.15, 0.2) is 47.4 Å². The molecule has 0 radical (unpaired) electrons. The number of unbranched alkanes of at least 4 members (excludes halogenated alkanes) is 3. The Balaban J connectivity index is 1.28. The Morgan fingerprint density at radius 3 is 2.17 bits per heavy atom. The van der Waals surface area contributed by atoms with E-state index >= 15 is 0 Å². The minimum atomic E-state index is -3.83. The molecule has 0 aromatic heterocycles. The van der Waals surface area contributed by atoms with Gasteiger partial charge < -0.3 is 38.8 Å². The fourth-order valence-electron chi connectivity index (χ4n) is 5.35. The molecule has 0 aliphatic carbocycles. The van der Waals surface area contributed by atoms with Crippen molar-refractivity contribution in [3.05, 3.63) is 59.2 Å². The average molecular weight is 797 g/mol. The van der Waals surface area contributed by atoms with Gasteiger partial charge in [0.25, 0.3) is 0 Å². The zero-order valence-corrected chi connectivity index (χ0v) is 36.5. The van der Waals surface area contributed by atoms with Crippen molar-refractivity contribution in [3.63, 3.8) is 0 Å². The molecule has 2 aromatic rings. The topological polar surface area (TPSA) is 125 Å². The van der Waals surface area contributed by atoms with Gasteiger partial charge in [-0.2, -0.15) is 0 Å². The predicted molar refractivity (Wildman–Crippen MR) is 216 cm³/mol. The molecule has 53 heavy (non-hydrogen) atoms. The summed E-state index contributed by atoms with van der Waals surface area (Å²) in [6.45, 7) is 22.1. The Kier molecular flexibility index (Phi) is 19.1. The predicted octanol–water partition coefficient (Wildman–Crippen LogP) is 7.36. The summed E-state index contributed by atoms with van der Waals surface area (Å²) in [6, 6.07) is 14.6. The lowest BCUT2D eigenvalue weighted by molar-refractivity contribution is -0.180. The second-order valence-corrected chi connectivity index (χ2v) is 29.9. The first-order valence-electron chi connectivity index (χ1n) is 19.2. The molecule has 0 amide bonds. The lowest BCUT2D eigenvalue weighted by Gasteiger charge is -2.33. The normalized spacial score (nSPS) is 15.4. The number of aliphatic hydroxyl groups excluding tert-OH is 1. The van der Waals surface area contributed by atoms with Crippen molar-refractivity contribution in [1.82, 2.24) is 9.62 Å². The van der Waals surface area contributed by atoms with Gasteiger partial charge in [-0.1, -0.05) is 70.3 Å². The van der Waals surface area contributed by atoms with Crippen LogP contribution in [-0.4, -0.2) is 99.3 Å². The molecule has 1 aliphatic rings. The maximum Gasteiger partial charge on any atom is 0.247 e. The summed E-state index contributed by atoms with van der Waals surface area (Å²) in [5.41, 5.74) is 2.59. The second kappa shape index (κ2) is 22.1. The Morgan fingerprint density at radius 1 is 0.830 bits per heavy atom. The molecule has 11 nitrogen and oxygen atoms in total. The van der Waals surface area contributed by atoms with Gasteiger partial charge in [0.2, 0.25) is 15.8 Å². The Bertz CT molecular complexity index is 1440. The van der Waals surface area contributed by atoms with E-state index in [4.69, 9.17) is 28.4 Å². The van der Waals surface area contributed by atoms with Crippen LogP contribution in [0.1, 0.15) is 62.3 Å². The number of hydrogen-bond donors (Lipinski definition) is 2. The summed E-state index contributed by atoms with van der Waals surface area (Å²) < 4.78 is 63.5. The number of sulfonamides is 1. The molecule has 302 valence electrons. The molecule has 0 bridgehead atoms. The maximum atomic E-state index is 13.7. The molecule has 0 fully saturated rings. The van der Waals surface area contributed by atoms with Crippen molar-refractivity contribution in [2.75, 3.05) is 59.6 Å². The lowest BCUT2D eigenvalue weighted by atomic mass is 10.0. The highest BCUT2D eigenvalue weighted by atomic mass is 32.2. The van der Waals surface area contributed by atoms with Gasteiger partial charge in [0.1, 0.15) is 19.2 Å². The highest BCUT2D eigenvalue weighted by Crippen LogP contribution is 2.33. The van der Waals surface area contributed by atoms with Crippen LogP contribution >= 0.6 is 0 Å². The molecule has 1 heterocycles. The third kappa shape index (κ3) is 18.2. The number of hydrogen-bond acceptors (Lipinski definition) is 10. The standard InChI is InChI=1S/C39H68N2O9SSi2/c1-39(2)49-30-35-27-34(16-17-38(35)50-39)37(42)28-40-18-11-9-10-12-19-45-20-21-46-29-33-14-13-15-36(26-33)51(43,44)41(31-47-22-24-52(3,4)5)32-48-23-25-53(6,7)8/h13-17,26-27,37,40,42H,9-12,18-25,28-32H2,1-8H3/t37-/m1/s1. The first kappa shape index (κ1) is 45.7. The van der Waals surface area contributed by atoms with Gasteiger partial charge >= 0.3 is 0 Å². The molecule has 1 atom stereocenters. The van der Waals surface area contributed by atoms with Gasteiger partial charge in [0, 0.05) is 61.9 Å². The number of benzene rings is 2. The van der Waals surface area contributed by atoms with Crippen LogP contribution in [0.2, 0.25) is 51.4 Å². The smallest absolute Gasteiger partial charge is 0.247 e. The van der Waals surface area contributed by atoms with E-state index in [1.807, 2.05) is 38.1 Å². The summed E-state index contributed by atoms with van der Waals surface area (Å²) in [5.74, 6) is 0.180. The van der Waals surface area contributed by atoms with Crippen molar-refractivity contribution in [2.45, 2.75) is 121 Å². The Labute approximate surface area is 322 Å². The minimum Gasteiger partial charge on any atom is -0.463 e. The molecule has 3 rings (SSSR count).